The number of nitrogens with zero attached hydrogens (tertiary/aromatic N) is 5. The molecule has 6 N–H and O–H groups in total. The summed E-state index contributed by atoms with van der Waals surface area (Å²) in [6, 6.07) is 1.59. The molecule has 0 spiro atoms. The van der Waals surface area contributed by atoms with Gasteiger partial charge in [0.15, 0.2) is 11.5 Å². The molecule has 0 saturated carbocycles. The third kappa shape index (κ3) is 1.80. The van der Waals surface area contributed by atoms with E-state index in [9.17, 15) is 15.3 Å². The van der Waals surface area contributed by atoms with Crippen molar-refractivity contribution in [1.82, 2.24) is 29.7 Å². The normalized spacial score (nSPS) is 30.2. The number of aromatic amines is 1. The van der Waals surface area contributed by atoms with Crippen LogP contribution in [0.5, 0.6) is 0 Å². The van der Waals surface area contributed by atoms with Crippen LogP contribution in [0.4, 0.5) is 5.82 Å². The van der Waals surface area contributed by atoms with Crippen LogP contribution >= 0.6 is 0 Å². The van der Waals surface area contributed by atoms with Gasteiger partial charge in [-0.15, -0.1) is 0 Å². The van der Waals surface area contributed by atoms with Gasteiger partial charge in [0, 0.05) is 6.20 Å². The topological polar surface area (TPSA) is 168 Å². The zero-order chi connectivity index (χ0) is 16.9. The molecule has 1 saturated heterocycles. The minimum atomic E-state index is -1.60. The van der Waals surface area contributed by atoms with Gasteiger partial charge >= 0.3 is 0 Å². The van der Waals surface area contributed by atoms with E-state index < -0.39 is 30.6 Å². The Morgan fingerprint density at radius 2 is 2.17 bits per heavy atom. The SMILES string of the molecule is Nc1ncnc2c1ncn2[C@]1(c2ccn[nH]2)O[C@H](CO)[C@@H](O)[C@H]1O. The molecule has 0 amide bonds. The third-order valence-electron chi connectivity index (χ3n) is 4.22. The van der Waals surface area contributed by atoms with Crippen LogP contribution in [0.2, 0.25) is 0 Å². The first-order valence-corrected chi connectivity index (χ1v) is 7.18. The quantitative estimate of drug-likeness (QED) is 0.362. The number of aliphatic hydroxyl groups excluding tert-OH is 3. The summed E-state index contributed by atoms with van der Waals surface area (Å²) in [6.45, 7) is -0.474. The number of nitrogens with two attached hydrogens (primary N) is 1. The maximum absolute atomic E-state index is 10.7. The Labute approximate surface area is 134 Å². The van der Waals surface area contributed by atoms with Crippen molar-refractivity contribution in [2.45, 2.75) is 24.0 Å². The van der Waals surface area contributed by atoms with Gasteiger partial charge in [-0.3, -0.25) is 9.67 Å². The number of aliphatic hydroxyl groups is 3. The van der Waals surface area contributed by atoms with Crippen molar-refractivity contribution in [1.29, 1.82) is 0 Å². The second-order valence-electron chi connectivity index (χ2n) is 5.49. The van der Waals surface area contributed by atoms with Crippen molar-refractivity contribution in [3.8, 4) is 0 Å². The first-order chi connectivity index (χ1) is 11.6. The molecular weight excluding hydrogens is 318 g/mol. The van der Waals surface area contributed by atoms with Crippen LogP contribution in [-0.4, -0.2) is 70.0 Å². The lowest BCUT2D eigenvalue weighted by atomic mass is 9.99. The summed E-state index contributed by atoms with van der Waals surface area (Å²) < 4.78 is 7.30. The third-order valence-corrected chi connectivity index (χ3v) is 4.22. The molecule has 4 rings (SSSR count). The van der Waals surface area contributed by atoms with Crippen molar-refractivity contribution in [3.63, 3.8) is 0 Å². The number of aromatic nitrogens is 6. The van der Waals surface area contributed by atoms with Crippen LogP contribution in [0.3, 0.4) is 0 Å². The van der Waals surface area contributed by atoms with E-state index in [4.69, 9.17) is 10.5 Å². The highest BCUT2D eigenvalue weighted by Gasteiger charge is 2.58. The van der Waals surface area contributed by atoms with E-state index in [1.807, 2.05) is 0 Å². The predicted molar refractivity (Wildman–Crippen MR) is 79.4 cm³/mol. The lowest BCUT2D eigenvalue weighted by Crippen LogP contribution is -2.46. The average Bonchev–Trinajstić information content (AvgIpc) is 3.29. The monoisotopic (exact) mass is 333 g/mol. The highest BCUT2D eigenvalue weighted by Crippen LogP contribution is 2.41. The van der Waals surface area contributed by atoms with Gasteiger partial charge < -0.3 is 25.8 Å². The van der Waals surface area contributed by atoms with Gasteiger partial charge in [-0.25, -0.2) is 15.0 Å². The van der Waals surface area contributed by atoms with Gasteiger partial charge in [0.1, 0.15) is 30.2 Å². The molecule has 4 heterocycles. The number of hydrogen-bond donors (Lipinski definition) is 5. The van der Waals surface area contributed by atoms with Crippen LogP contribution in [0.25, 0.3) is 11.2 Å². The molecule has 4 atom stereocenters. The number of imidazole rings is 1. The molecule has 3 aromatic heterocycles. The first kappa shape index (κ1) is 15.0. The molecule has 1 aliphatic heterocycles. The van der Waals surface area contributed by atoms with E-state index in [0.717, 1.165) is 0 Å². The number of rotatable bonds is 3. The molecule has 0 aliphatic carbocycles. The van der Waals surface area contributed by atoms with E-state index in [0.29, 0.717) is 16.9 Å². The maximum atomic E-state index is 10.7. The molecule has 3 aromatic rings. The van der Waals surface area contributed by atoms with Crippen molar-refractivity contribution in [2.24, 2.45) is 0 Å². The van der Waals surface area contributed by atoms with Crippen molar-refractivity contribution in [2.75, 3.05) is 12.3 Å². The van der Waals surface area contributed by atoms with E-state index in [1.54, 1.807) is 6.07 Å². The second kappa shape index (κ2) is 5.21. The Morgan fingerprint density at radius 3 is 2.83 bits per heavy atom. The fourth-order valence-electron chi connectivity index (χ4n) is 3.05. The highest BCUT2D eigenvalue weighted by molar-refractivity contribution is 5.81. The summed E-state index contributed by atoms with van der Waals surface area (Å²) >= 11 is 0. The summed E-state index contributed by atoms with van der Waals surface area (Å²) in [5, 5.41) is 37.0. The molecule has 0 unspecified atom stereocenters. The summed E-state index contributed by atoms with van der Waals surface area (Å²) in [7, 11) is 0. The summed E-state index contributed by atoms with van der Waals surface area (Å²) in [6.07, 6.45) is 0.386. The molecule has 11 heteroatoms. The van der Waals surface area contributed by atoms with E-state index in [1.165, 1.54) is 23.4 Å². The van der Waals surface area contributed by atoms with Gasteiger partial charge in [0.2, 0.25) is 5.72 Å². The van der Waals surface area contributed by atoms with Crippen molar-refractivity contribution in [3.05, 3.63) is 30.6 Å². The molecule has 11 nitrogen and oxygen atoms in total. The van der Waals surface area contributed by atoms with Crippen LogP contribution in [-0.2, 0) is 10.5 Å². The lowest BCUT2D eigenvalue weighted by Gasteiger charge is -2.32. The van der Waals surface area contributed by atoms with Crippen molar-refractivity contribution < 1.29 is 20.1 Å². The Morgan fingerprint density at radius 1 is 1.33 bits per heavy atom. The summed E-state index contributed by atoms with van der Waals surface area (Å²) in [5.74, 6) is 0.172. The van der Waals surface area contributed by atoms with Gasteiger partial charge in [0.05, 0.1) is 18.6 Å². The van der Waals surface area contributed by atoms with Crippen LogP contribution in [0.15, 0.2) is 24.9 Å². The standard InChI is InChI=1S/C13H15N7O4/c14-11-8-12(16-4-15-11)20(5-17-8)13(7-1-2-18-19-7)10(23)9(22)6(3-21)24-13/h1-2,4-6,9-10,21-23H,3H2,(H,18,19)(H2,14,15,16)/t6-,9-,10-,13-/m1/s1. The fraction of sp³-hybridized carbons (Fsp3) is 0.385. The van der Waals surface area contributed by atoms with Crippen molar-refractivity contribution >= 4 is 17.0 Å². The number of H-pyrrole nitrogens is 1. The zero-order valence-electron chi connectivity index (χ0n) is 12.3. The lowest BCUT2D eigenvalue weighted by molar-refractivity contribution is -0.118. The first-order valence-electron chi connectivity index (χ1n) is 7.18. The van der Waals surface area contributed by atoms with E-state index in [2.05, 4.69) is 25.1 Å². The second-order valence-corrected chi connectivity index (χ2v) is 5.49. The average molecular weight is 333 g/mol. The molecule has 0 bridgehead atoms. The summed E-state index contributed by atoms with van der Waals surface area (Å²) in [4.78, 5) is 12.2. The van der Waals surface area contributed by atoms with Gasteiger partial charge in [-0.1, -0.05) is 0 Å². The van der Waals surface area contributed by atoms with Gasteiger partial charge in [0.25, 0.3) is 0 Å². The van der Waals surface area contributed by atoms with E-state index >= 15 is 0 Å². The van der Waals surface area contributed by atoms with E-state index in [-0.39, 0.29) is 5.82 Å². The molecule has 1 fully saturated rings. The highest BCUT2D eigenvalue weighted by atomic mass is 16.6. The fourth-order valence-corrected chi connectivity index (χ4v) is 3.05. The summed E-state index contributed by atoms with van der Waals surface area (Å²) in [5.41, 5.74) is 5.21. The molecular formula is C13H15N7O4. The molecule has 1 aliphatic rings. The molecule has 126 valence electrons. The van der Waals surface area contributed by atoms with Crippen LogP contribution < -0.4 is 5.73 Å². The number of nitrogen functional groups attached to an aromatic ring is 1. The Balaban J connectivity index is 1.99. The molecule has 24 heavy (non-hydrogen) atoms. The minimum absolute atomic E-state index is 0.172. The number of nitrogens with one attached hydrogen (secondary N) is 1. The minimum Gasteiger partial charge on any atom is -0.394 e. The predicted octanol–water partition coefficient (Wildman–Crippen LogP) is -2.05. The molecule has 0 radical (unpaired) electrons. The Bertz CT molecular complexity index is 866. The maximum Gasteiger partial charge on any atom is 0.219 e. The molecule has 0 aromatic carbocycles. The number of ether oxygens (including phenoxy) is 1. The van der Waals surface area contributed by atoms with Crippen LogP contribution in [0.1, 0.15) is 5.69 Å². The Kier molecular flexibility index (Phi) is 3.25. The van der Waals surface area contributed by atoms with Gasteiger partial charge in [-0.2, -0.15) is 5.10 Å². The number of anilines is 1. The Hall–Kier alpha value is -2.60. The van der Waals surface area contributed by atoms with Gasteiger partial charge in [-0.05, 0) is 6.07 Å². The number of fused-ring (bicyclic) bond motifs is 1. The van der Waals surface area contributed by atoms with Crippen LogP contribution in [0, 0.1) is 0 Å². The largest absolute Gasteiger partial charge is 0.394 e. The zero-order valence-corrected chi connectivity index (χ0v) is 12.3. The smallest absolute Gasteiger partial charge is 0.219 e. The number of hydrogen-bond acceptors (Lipinski definition) is 9.